The highest BCUT2D eigenvalue weighted by Gasteiger charge is 2.52. The van der Waals surface area contributed by atoms with Gasteiger partial charge in [0.2, 0.25) is 0 Å². The van der Waals surface area contributed by atoms with Crippen LogP contribution in [0.1, 0.15) is 55.9 Å². The fourth-order valence-electron chi connectivity index (χ4n) is 6.27. The summed E-state index contributed by atoms with van der Waals surface area (Å²) in [4.78, 5) is 20.2. The van der Waals surface area contributed by atoms with Crippen LogP contribution in [0.15, 0.2) is 65.8 Å². The number of carbonyl (C=O) groups excluding carboxylic acids is 1. The number of piperazine rings is 1. The maximum Gasteiger partial charge on any atom is 0.495 e. The first-order valence-electron chi connectivity index (χ1n) is 14.9. The van der Waals surface area contributed by atoms with E-state index in [9.17, 15) is 10.3 Å². The zero-order chi connectivity index (χ0) is 30.4. The molecule has 2 heterocycles. The lowest BCUT2D eigenvalue weighted by molar-refractivity contribution is 0.00578. The summed E-state index contributed by atoms with van der Waals surface area (Å²) >= 11 is 0. The smallest absolute Gasteiger partial charge is 0.448 e. The van der Waals surface area contributed by atoms with Gasteiger partial charge in [-0.05, 0) is 85.1 Å². The van der Waals surface area contributed by atoms with E-state index in [2.05, 4.69) is 57.4 Å². The van der Waals surface area contributed by atoms with Crippen LogP contribution in [0, 0.1) is 6.92 Å². The summed E-state index contributed by atoms with van der Waals surface area (Å²) in [6.07, 6.45) is -0.273. The normalized spacial score (nSPS) is 19.1. The molecule has 0 N–H and O–H groups in total. The first-order chi connectivity index (χ1) is 20.6. The molecule has 0 atom stereocenters. The molecule has 0 spiro atoms. The van der Waals surface area contributed by atoms with Crippen molar-refractivity contribution in [2.24, 2.45) is 5.11 Å². The average molecular weight is 580 g/mol. The highest BCUT2D eigenvalue weighted by atomic mass is 16.7. The zero-order valence-corrected chi connectivity index (χ0v) is 25.5. The van der Waals surface area contributed by atoms with Crippen LogP contribution in [0.3, 0.4) is 0 Å². The fourth-order valence-corrected chi connectivity index (χ4v) is 6.27. The first-order valence-corrected chi connectivity index (χ1v) is 14.9. The molecule has 10 heteroatoms. The van der Waals surface area contributed by atoms with Crippen molar-refractivity contribution in [1.29, 1.82) is 0 Å². The Morgan fingerprint density at radius 2 is 1.56 bits per heavy atom. The maximum absolute atomic E-state index is 13.1. The Labute approximate surface area is 253 Å². The molecule has 0 radical (unpaired) electrons. The van der Waals surface area contributed by atoms with Crippen LogP contribution in [-0.2, 0) is 20.6 Å². The number of carbonyl (C=O) groups is 1. The number of benzene rings is 3. The Morgan fingerprint density at radius 1 is 0.977 bits per heavy atom. The Balaban J connectivity index is 1.09. The van der Waals surface area contributed by atoms with Crippen molar-refractivity contribution in [3.63, 3.8) is 0 Å². The van der Waals surface area contributed by atoms with Gasteiger partial charge in [0, 0.05) is 49.2 Å². The average Bonchev–Trinajstić information content (AvgIpc) is 3.42. The van der Waals surface area contributed by atoms with E-state index >= 15 is 0 Å². The quantitative estimate of drug-likeness (QED) is 0.148. The van der Waals surface area contributed by atoms with E-state index in [0.717, 1.165) is 16.6 Å². The number of amides is 1. The van der Waals surface area contributed by atoms with Gasteiger partial charge in [-0.25, -0.2) is 4.79 Å². The monoisotopic (exact) mass is 579 g/mol. The molecule has 9 nitrogen and oxygen atoms in total. The van der Waals surface area contributed by atoms with Gasteiger partial charge in [-0.15, -0.1) is 0 Å². The Morgan fingerprint density at radius 3 is 2.14 bits per heavy atom. The van der Waals surface area contributed by atoms with Gasteiger partial charge in [0.1, 0.15) is 6.61 Å². The number of ether oxygens (including phenoxy) is 1. The van der Waals surface area contributed by atoms with E-state index in [4.69, 9.17) is 14.0 Å². The molecular weight excluding hydrogens is 541 g/mol. The Kier molecular flexibility index (Phi) is 7.73. The number of nitrogens with zero attached hydrogens (tertiary/aromatic N) is 5. The van der Waals surface area contributed by atoms with E-state index in [-0.39, 0.29) is 12.0 Å². The summed E-state index contributed by atoms with van der Waals surface area (Å²) in [5.74, 6) is 0.0441. The molecule has 43 heavy (non-hydrogen) atoms. The molecule has 1 amide bonds. The lowest BCUT2D eigenvalue weighted by atomic mass is 9.75. The zero-order valence-electron chi connectivity index (χ0n) is 25.5. The molecule has 0 saturated carbocycles. The van der Waals surface area contributed by atoms with Crippen molar-refractivity contribution >= 4 is 24.4 Å². The second-order valence-electron chi connectivity index (χ2n) is 12.7. The number of hydrogen-bond donors (Lipinski definition) is 0. The van der Waals surface area contributed by atoms with Crippen LogP contribution in [0.2, 0.25) is 0 Å². The van der Waals surface area contributed by atoms with Crippen LogP contribution in [0.4, 0.5) is 10.5 Å². The molecule has 2 aliphatic heterocycles. The topological polar surface area (TPSA) is 100 Å². The van der Waals surface area contributed by atoms with Crippen molar-refractivity contribution in [3.05, 3.63) is 93.4 Å². The number of fused-ring (bicyclic) bond motifs is 3. The summed E-state index contributed by atoms with van der Waals surface area (Å²) in [5.41, 5.74) is 16.4. The summed E-state index contributed by atoms with van der Waals surface area (Å²) < 4.78 is 18.5. The summed E-state index contributed by atoms with van der Waals surface area (Å²) in [7, 11) is -0.553. The summed E-state index contributed by atoms with van der Waals surface area (Å²) in [5, 5.41) is 3.96. The minimum absolute atomic E-state index is 0.0441. The molecule has 0 bridgehead atoms. The minimum Gasteiger partial charge on any atom is -0.448 e. The summed E-state index contributed by atoms with van der Waals surface area (Å²) in [6.45, 7) is 13.6. The third-order valence-corrected chi connectivity index (χ3v) is 9.51. The highest BCUT2D eigenvalue weighted by molar-refractivity contribution is 6.62. The van der Waals surface area contributed by atoms with Crippen LogP contribution < -0.4 is 5.46 Å². The van der Waals surface area contributed by atoms with Crippen LogP contribution in [0.5, 0.6) is 0 Å². The largest absolute Gasteiger partial charge is 0.495 e. The molecule has 2 saturated heterocycles. The SMILES string of the molecule is Cc1c(N=[N+]=[N-])cc(CN2CCN(C(=O)OCC3c4ccccc4-c4ccccc43)CC2)cc1B1OC(C)(C)C(C)(C)O1. The molecule has 3 aromatic rings. The van der Waals surface area contributed by atoms with Crippen molar-refractivity contribution < 1.29 is 18.8 Å². The first kappa shape index (κ1) is 29.3. The van der Waals surface area contributed by atoms with Crippen molar-refractivity contribution in [2.75, 3.05) is 32.8 Å². The van der Waals surface area contributed by atoms with Gasteiger partial charge in [0.25, 0.3) is 0 Å². The molecule has 0 aromatic heterocycles. The van der Waals surface area contributed by atoms with Crippen molar-refractivity contribution in [1.82, 2.24) is 9.80 Å². The molecule has 6 rings (SSSR count). The van der Waals surface area contributed by atoms with Gasteiger partial charge in [0.05, 0.1) is 11.2 Å². The van der Waals surface area contributed by atoms with E-state index in [0.29, 0.717) is 45.0 Å². The molecule has 1 aliphatic carbocycles. The molecule has 3 aromatic carbocycles. The molecule has 222 valence electrons. The van der Waals surface area contributed by atoms with Gasteiger partial charge in [-0.2, -0.15) is 0 Å². The molecular formula is C33H38BN5O4. The van der Waals surface area contributed by atoms with Gasteiger partial charge in [-0.1, -0.05) is 59.7 Å². The Hall–Kier alpha value is -3.82. The van der Waals surface area contributed by atoms with Gasteiger partial charge in [-0.3, -0.25) is 4.90 Å². The van der Waals surface area contributed by atoms with Crippen LogP contribution in [-0.4, -0.2) is 67.0 Å². The number of hydrogen-bond acceptors (Lipinski definition) is 6. The Bertz CT molecular complexity index is 1530. The minimum atomic E-state index is -0.553. The molecule has 0 unspecified atom stereocenters. The lowest BCUT2D eigenvalue weighted by Crippen LogP contribution is -2.48. The predicted molar refractivity (Wildman–Crippen MR) is 168 cm³/mol. The second kappa shape index (κ2) is 11.4. The number of azide groups is 1. The summed E-state index contributed by atoms with van der Waals surface area (Å²) in [6, 6.07) is 20.7. The van der Waals surface area contributed by atoms with Crippen molar-refractivity contribution in [2.45, 2.75) is 58.3 Å². The van der Waals surface area contributed by atoms with Gasteiger partial charge < -0.3 is 18.9 Å². The van der Waals surface area contributed by atoms with Gasteiger partial charge >= 0.3 is 13.2 Å². The van der Waals surface area contributed by atoms with E-state index in [1.165, 1.54) is 22.3 Å². The second-order valence-corrected chi connectivity index (χ2v) is 12.7. The maximum atomic E-state index is 13.1. The van der Waals surface area contributed by atoms with E-state index in [1.54, 1.807) is 4.90 Å². The molecule has 3 aliphatic rings. The fraction of sp³-hybridized carbons (Fsp3) is 0.424. The van der Waals surface area contributed by atoms with Crippen LogP contribution in [0.25, 0.3) is 21.6 Å². The predicted octanol–water partition coefficient (Wildman–Crippen LogP) is 6.30. The van der Waals surface area contributed by atoms with E-state index in [1.807, 2.05) is 52.8 Å². The van der Waals surface area contributed by atoms with E-state index < -0.39 is 18.3 Å². The molecule has 2 fully saturated rings. The lowest BCUT2D eigenvalue weighted by Gasteiger charge is -2.34. The third-order valence-electron chi connectivity index (χ3n) is 9.51. The van der Waals surface area contributed by atoms with Crippen LogP contribution >= 0.6 is 0 Å². The third kappa shape index (κ3) is 5.52. The van der Waals surface area contributed by atoms with Gasteiger partial charge in [0.15, 0.2) is 0 Å². The number of rotatable bonds is 6. The highest BCUT2D eigenvalue weighted by Crippen LogP contribution is 2.44. The van der Waals surface area contributed by atoms with Crippen molar-refractivity contribution in [3.8, 4) is 11.1 Å². The standard InChI is InChI=1S/C33H38BN5O4/c1-22-29(34-42-32(2,3)33(4,5)43-34)18-23(19-30(22)36-37-35)20-38-14-16-39(17-15-38)31(40)41-21-28-26-12-8-6-10-24(26)25-11-7-9-13-27(25)28/h6-13,18-19,28H,14-17,20-21H2,1-5H3.